The summed E-state index contributed by atoms with van der Waals surface area (Å²) >= 11 is 5.18. The Labute approximate surface area is 230 Å². The van der Waals surface area contributed by atoms with Gasteiger partial charge in [-0.2, -0.15) is 0 Å². The van der Waals surface area contributed by atoms with Crippen LogP contribution in [-0.2, 0) is 4.74 Å². The van der Waals surface area contributed by atoms with Gasteiger partial charge in [0.15, 0.2) is 23.0 Å². The van der Waals surface area contributed by atoms with Crippen LogP contribution >= 0.6 is 27.7 Å². The highest BCUT2D eigenvalue weighted by molar-refractivity contribution is 9.10. The van der Waals surface area contributed by atoms with Crippen LogP contribution in [0.25, 0.3) is 0 Å². The topological polar surface area (TPSA) is 81.4 Å². The monoisotopic (exact) mass is 589 g/mol. The second kappa shape index (κ2) is 12.7. The fourth-order valence-corrected chi connectivity index (χ4v) is 5.38. The molecule has 9 heteroatoms. The molecule has 7 nitrogen and oxygen atoms in total. The fraction of sp³-hybridized carbons (Fsp3) is 0.357. The molecule has 1 saturated heterocycles. The molecule has 1 fully saturated rings. The molecule has 0 radical (unpaired) electrons. The molecule has 1 heterocycles. The maximum absolute atomic E-state index is 6.45. The van der Waals surface area contributed by atoms with E-state index in [9.17, 15) is 0 Å². The number of rotatable bonds is 11. The van der Waals surface area contributed by atoms with Crippen LogP contribution in [0.15, 0.2) is 57.9 Å². The van der Waals surface area contributed by atoms with Gasteiger partial charge in [-0.25, -0.2) is 0 Å². The van der Waals surface area contributed by atoms with Gasteiger partial charge in [0.25, 0.3) is 0 Å². The lowest BCUT2D eigenvalue weighted by molar-refractivity contribution is 0.0437. The van der Waals surface area contributed by atoms with Gasteiger partial charge < -0.3 is 34.2 Å². The molecule has 3 aromatic rings. The zero-order valence-electron chi connectivity index (χ0n) is 21.4. The van der Waals surface area contributed by atoms with Gasteiger partial charge in [-0.15, -0.1) is 11.8 Å². The largest absolute Gasteiger partial charge is 0.493 e. The van der Waals surface area contributed by atoms with Crippen LogP contribution in [-0.4, -0.2) is 40.8 Å². The van der Waals surface area contributed by atoms with Crippen LogP contribution in [0.4, 0.5) is 5.69 Å². The second-order valence-corrected chi connectivity index (χ2v) is 10.5. The van der Waals surface area contributed by atoms with E-state index in [4.69, 9.17) is 34.2 Å². The lowest BCUT2D eigenvalue weighted by Gasteiger charge is -2.20. The van der Waals surface area contributed by atoms with Crippen molar-refractivity contribution in [1.29, 1.82) is 0 Å². The lowest BCUT2D eigenvalue weighted by atomic mass is 10.0. The smallest absolute Gasteiger partial charge is 0.203 e. The Bertz CT molecular complexity index is 1180. The van der Waals surface area contributed by atoms with Crippen molar-refractivity contribution in [1.82, 2.24) is 0 Å². The highest BCUT2D eigenvalue weighted by atomic mass is 79.9. The summed E-state index contributed by atoms with van der Waals surface area (Å²) in [6, 6.07) is 16.0. The van der Waals surface area contributed by atoms with Gasteiger partial charge in [0.05, 0.1) is 52.9 Å². The minimum atomic E-state index is -0.123. The fourth-order valence-electron chi connectivity index (χ4n) is 4.39. The Balaban J connectivity index is 1.43. The van der Waals surface area contributed by atoms with Crippen LogP contribution < -0.4 is 29.4 Å². The molecule has 0 aromatic heterocycles. The number of methoxy groups -OCH3 is 4. The van der Waals surface area contributed by atoms with Gasteiger partial charge in [0.1, 0.15) is 0 Å². The normalized spacial score (nSPS) is 16.9. The third-order valence-electron chi connectivity index (χ3n) is 6.19. The summed E-state index contributed by atoms with van der Waals surface area (Å²) in [5, 5.41) is 0. The second-order valence-electron chi connectivity index (χ2n) is 8.44. The molecule has 37 heavy (non-hydrogen) atoms. The maximum Gasteiger partial charge on any atom is 0.203 e. The maximum atomic E-state index is 6.45. The quantitative estimate of drug-likeness (QED) is 0.148. The van der Waals surface area contributed by atoms with E-state index in [-0.39, 0.29) is 12.2 Å². The van der Waals surface area contributed by atoms with Crippen molar-refractivity contribution in [3.63, 3.8) is 0 Å². The minimum Gasteiger partial charge on any atom is -0.493 e. The Kier molecular flexibility index (Phi) is 9.34. The number of halogens is 1. The van der Waals surface area contributed by atoms with Crippen LogP contribution in [0, 0.1) is 0 Å². The first-order valence-electron chi connectivity index (χ1n) is 11.9. The molecule has 2 N–H and O–H groups in total. The summed E-state index contributed by atoms with van der Waals surface area (Å²) in [6.07, 6.45) is 1.45. The summed E-state index contributed by atoms with van der Waals surface area (Å²) in [5.74, 6) is 3.72. The molecule has 4 rings (SSSR count). The average Bonchev–Trinajstić information content (AvgIpc) is 3.42. The SMILES string of the molecule is COc1cc([C@@H]2CC[C@@H](c3cc(OC)c(OC)c(OC)c3)O2)cc(N)c1OCCSc1ccc(Br)cc1. The molecular weight excluding hydrogens is 558 g/mol. The number of nitrogen functional groups attached to an aromatic ring is 1. The van der Waals surface area contributed by atoms with Crippen molar-refractivity contribution < 1.29 is 28.4 Å². The van der Waals surface area contributed by atoms with Gasteiger partial charge >= 0.3 is 0 Å². The Morgan fingerprint density at radius 2 is 1.35 bits per heavy atom. The molecule has 0 amide bonds. The Morgan fingerprint density at radius 1 is 0.811 bits per heavy atom. The van der Waals surface area contributed by atoms with Crippen molar-refractivity contribution in [2.45, 2.75) is 29.9 Å². The predicted octanol–water partition coefficient (Wildman–Crippen LogP) is 6.83. The van der Waals surface area contributed by atoms with Crippen molar-refractivity contribution in [3.05, 3.63) is 64.1 Å². The average molecular weight is 591 g/mol. The standard InChI is InChI=1S/C28H32BrNO6S/c1-31-24-14-17(13-21(30)27(24)35-11-12-37-20-7-5-19(29)6-8-20)22-9-10-23(36-22)18-15-25(32-2)28(34-4)26(16-18)33-3/h5-8,13-16,22-23H,9-12,30H2,1-4H3/t22-,23-/m0/s1. The first kappa shape index (κ1) is 27.3. The third kappa shape index (κ3) is 6.40. The summed E-state index contributed by atoms with van der Waals surface area (Å²) in [7, 11) is 6.43. The van der Waals surface area contributed by atoms with E-state index >= 15 is 0 Å². The van der Waals surface area contributed by atoms with Gasteiger partial charge in [-0.3, -0.25) is 0 Å². The third-order valence-corrected chi connectivity index (χ3v) is 7.69. The highest BCUT2D eigenvalue weighted by Gasteiger charge is 2.30. The zero-order chi connectivity index (χ0) is 26.4. The van der Waals surface area contributed by atoms with Crippen LogP contribution in [0.5, 0.6) is 28.7 Å². The van der Waals surface area contributed by atoms with Crippen LogP contribution in [0.1, 0.15) is 36.2 Å². The number of thioether (sulfide) groups is 1. The van der Waals surface area contributed by atoms with E-state index in [0.717, 1.165) is 34.2 Å². The zero-order valence-corrected chi connectivity index (χ0v) is 23.8. The van der Waals surface area contributed by atoms with Gasteiger partial charge in [0.2, 0.25) is 5.75 Å². The molecule has 198 valence electrons. The molecule has 0 bridgehead atoms. The molecule has 0 unspecified atom stereocenters. The summed E-state index contributed by atoms with van der Waals surface area (Å²) < 4.78 is 35.6. The summed E-state index contributed by atoms with van der Waals surface area (Å²) in [4.78, 5) is 1.18. The number of ether oxygens (including phenoxy) is 6. The van der Waals surface area contributed by atoms with Crippen molar-refractivity contribution in [3.8, 4) is 28.7 Å². The number of benzene rings is 3. The minimum absolute atomic E-state index is 0.113. The van der Waals surface area contributed by atoms with Gasteiger partial charge in [0, 0.05) is 15.1 Å². The first-order valence-corrected chi connectivity index (χ1v) is 13.7. The number of anilines is 1. The van der Waals surface area contributed by atoms with Gasteiger partial charge in [-0.05, 0) is 72.5 Å². The van der Waals surface area contributed by atoms with Crippen molar-refractivity contribution >= 4 is 33.4 Å². The Morgan fingerprint density at radius 3 is 1.89 bits per heavy atom. The highest BCUT2D eigenvalue weighted by Crippen LogP contribution is 2.47. The molecule has 2 atom stereocenters. The molecule has 0 spiro atoms. The molecule has 3 aromatic carbocycles. The first-order chi connectivity index (χ1) is 18.0. The number of hydrogen-bond acceptors (Lipinski definition) is 8. The van der Waals surface area contributed by atoms with E-state index in [1.165, 1.54) is 4.90 Å². The molecule has 0 saturated carbocycles. The predicted molar refractivity (Wildman–Crippen MR) is 150 cm³/mol. The lowest BCUT2D eigenvalue weighted by Crippen LogP contribution is -2.07. The molecule has 0 aliphatic carbocycles. The van der Waals surface area contributed by atoms with Crippen LogP contribution in [0.3, 0.4) is 0 Å². The molecule has 1 aliphatic heterocycles. The van der Waals surface area contributed by atoms with E-state index in [0.29, 0.717) is 41.0 Å². The van der Waals surface area contributed by atoms with E-state index < -0.39 is 0 Å². The van der Waals surface area contributed by atoms with Crippen LogP contribution in [0.2, 0.25) is 0 Å². The van der Waals surface area contributed by atoms with E-state index in [1.807, 2.05) is 36.4 Å². The number of hydrogen-bond donors (Lipinski definition) is 1. The Hall–Kier alpha value is -2.75. The number of nitrogens with two attached hydrogens (primary N) is 1. The van der Waals surface area contributed by atoms with Gasteiger partial charge in [-0.1, -0.05) is 15.9 Å². The summed E-state index contributed by atoms with van der Waals surface area (Å²) in [5.41, 5.74) is 8.87. The molecule has 1 aliphatic rings. The van der Waals surface area contributed by atoms with E-state index in [2.05, 4.69) is 28.1 Å². The van der Waals surface area contributed by atoms with E-state index in [1.54, 1.807) is 40.2 Å². The molecular formula is C28H32BrNO6S. The summed E-state index contributed by atoms with van der Waals surface area (Å²) in [6.45, 7) is 0.504. The van der Waals surface area contributed by atoms with Crippen molar-refractivity contribution in [2.75, 3.05) is 46.5 Å². The van der Waals surface area contributed by atoms with Crippen molar-refractivity contribution in [2.24, 2.45) is 0 Å².